The minimum atomic E-state index is -1.48. The number of nitrogens with zero attached hydrogens (tertiary/aromatic N) is 3. The van der Waals surface area contributed by atoms with Gasteiger partial charge in [0.05, 0.1) is 23.4 Å². The van der Waals surface area contributed by atoms with Gasteiger partial charge in [0, 0.05) is 10.8 Å². The molecular weight excluding hydrogens is 304 g/mol. The summed E-state index contributed by atoms with van der Waals surface area (Å²) < 4.78 is 0. The lowest BCUT2D eigenvalue weighted by Crippen LogP contribution is -2.43. The molecule has 0 radical (unpaired) electrons. The Morgan fingerprint density at radius 3 is 2.61 bits per heavy atom. The Balaban J connectivity index is 2.33. The lowest BCUT2D eigenvalue weighted by Gasteiger charge is -2.43. The van der Waals surface area contributed by atoms with E-state index in [-0.39, 0.29) is 17.5 Å². The van der Waals surface area contributed by atoms with Gasteiger partial charge < -0.3 is 5.73 Å². The molecule has 0 aromatic carbocycles. The molecular formula is C18H16N4S. The highest BCUT2D eigenvalue weighted by Gasteiger charge is 2.54. The molecule has 23 heavy (non-hydrogen) atoms. The summed E-state index contributed by atoms with van der Waals surface area (Å²) in [7, 11) is 0. The molecule has 1 heterocycles. The first-order valence-electron chi connectivity index (χ1n) is 7.55. The van der Waals surface area contributed by atoms with Crippen LogP contribution in [0.4, 0.5) is 0 Å². The van der Waals surface area contributed by atoms with Crippen molar-refractivity contribution in [2.75, 3.05) is 0 Å². The van der Waals surface area contributed by atoms with Gasteiger partial charge in [0.25, 0.3) is 0 Å². The highest BCUT2D eigenvalue weighted by atomic mass is 32.1. The zero-order valence-electron chi connectivity index (χ0n) is 12.8. The van der Waals surface area contributed by atoms with Crippen LogP contribution in [0.1, 0.15) is 30.6 Å². The third-order valence-electron chi connectivity index (χ3n) is 4.96. The van der Waals surface area contributed by atoms with Crippen molar-refractivity contribution >= 4 is 11.3 Å². The molecule has 2 aliphatic rings. The summed E-state index contributed by atoms with van der Waals surface area (Å²) in [6.07, 6.45) is 3.83. The largest absolute Gasteiger partial charge is 0.399 e. The Hall–Kier alpha value is -2.55. The van der Waals surface area contributed by atoms with Gasteiger partial charge in [0.2, 0.25) is 0 Å². The average molecular weight is 320 g/mol. The predicted octanol–water partition coefficient (Wildman–Crippen LogP) is 3.59. The first-order chi connectivity index (χ1) is 11.1. The summed E-state index contributed by atoms with van der Waals surface area (Å²) in [5.41, 5.74) is 6.09. The quantitative estimate of drug-likeness (QED) is 0.855. The van der Waals surface area contributed by atoms with Gasteiger partial charge in [-0.15, -0.1) is 11.3 Å². The van der Waals surface area contributed by atoms with Crippen LogP contribution in [-0.4, -0.2) is 0 Å². The molecule has 2 aliphatic carbocycles. The van der Waals surface area contributed by atoms with E-state index in [0.717, 1.165) is 23.3 Å². The van der Waals surface area contributed by atoms with Crippen LogP contribution in [0.5, 0.6) is 0 Å². The molecule has 0 bridgehead atoms. The number of nitrogens with two attached hydrogens (primary N) is 1. The molecule has 0 unspecified atom stereocenters. The van der Waals surface area contributed by atoms with Gasteiger partial charge in [-0.25, -0.2) is 0 Å². The standard InChI is InChI=1S/C18H16N4S/c1-11-4-5-12-13(7-11)16(15-3-2-6-23-15)18(9-20,10-21)17(22)14(12)8-19/h2-3,5-6,11,13,16H,4,7,22H2,1H3/t11-,13+,16-/m0/s1. The number of nitriles is 3. The van der Waals surface area contributed by atoms with E-state index in [1.165, 1.54) is 11.3 Å². The van der Waals surface area contributed by atoms with Gasteiger partial charge >= 0.3 is 0 Å². The van der Waals surface area contributed by atoms with Gasteiger partial charge in [0.15, 0.2) is 5.41 Å². The van der Waals surface area contributed by atoms with Gasteiger partial charge in [-0.1, -0.05) is 19.1 Å². The van der Waals surface area contributed by atoms with Gasteiger partial charge in [-0.2, -0.15) is 15.8 Å². The minimum Gasteiger partial charge on any atom is -0.399 e. The molecule has 0 saturated carbocycles. The molecule has 1 aromatic heterocycles. The van der Waals surface area contributed by atoms with E-state index >= 15 is 0 Å². The first kappa shape index (κ1) is 15.3. The Morgan fingerprint density at radius 1 is 1.30 bits per heavy atom. The van der Waals surface area contributed by atoms with E-state index in [1.807, 2.05) is 17.5 Å². The zero-order valence-corrected chi connectivity index (χ0v) is 13.6. The van der Waals surface area contributed by atoms with Crippen molar-refractivity contribution in [3.63, 3.8) is 0 Å². The van der Waals surface area contributed by atoms with Crippen molar-refractivity contribution in [2.24, 2.45) is 23.0 Å². The third-order valence-corrected chi connectivity index (χ3v) is 5.92. The van der Waals surface area contributed by atoms with Crippen LogP contribution in [-0.2, 0) is 0 Å². The van der Waals surface area contributed by atoms with E-state index in [9.17, 15) is 15.8 Å². The van der Waals surface area contributed by atoms with Gasteiger partial charge in [-0.05, 0) is 41.7 Å². The summed E-state index contributed by atoms with van der Waals surface area (Å²) in [5.74, 6) is 0.128. The maximum Gasteiger partial charge on any atom is 0.192 e. The first-order valence-corrected chi connectivity index (χ1v) is 8.43. The predicted molar refractivity (Wildman–Crippen MR) is 87.5 cm³/mol. The fraction of sp³-hybridized carbons (Fsp3) is 0.389. The summed E-state index contributed by atoms with van der Waals surface area (Å²) in [5, 5.41) is 31.2. The molecule has 0 spiro atoms. The number of rotatable bonds is 1. The van der Waals surface area contributed by atoms with E-state index in [1.54, 1.807) is 0 Å². The number of thiophene rings is 1. The normalized spacial score (nSPS) is 28.8. The van der Waals surface area contributed by atoms with E-state index in [4.69, 9.17) is 5.73 Å². The Morgan fingerprint density at radius 2 is 2.04 bits per heavy atom. The van der Waals surface area contributed by atoms with Gasteiger partial charge in [0.1, 0.15) is 6.07 Å². The second-order valence-electron chi connectivity index (χ2n) is 6.27. The SMILES string of the molecule is C[C@H]1CC=C2C(C#N)=C(N)C(C#N)(C#N)[C@H](c3cccs3)[C@@H]2C1. The second kappa shape index (κ2) is 5.58. The van der Waals surface area contributed by atoms with Crippen LogP contribution in [0, 0.1) is 51.2 Å². The van der Waals surface area contributed by atoms with Crippen molar-refractivity contribution in [1.29, 1.82) is 15.8 Å². The van der Waals surface area contributed by atoms with Crippen LogP contribution in [0.25, 0.3) is 0 Å². The molecule has 4 nitrogen and oxygen atoms in total. The molecule has 0 aliphatic heterocycles. The Bertz CT molecular complexity index is 797. The van der Waals surface area contributed by atoms with Crippen LogP contribution in [0.3, 0.4) is 0 Å². The minimum absolute atomic E-state index is 0.0151. The molecule has 3 rings (SSSR count). The number of hydrogen-bond donors (Lipinski definition) is 1. The molecule has 0 saturated heterocycles. The molecule has 3 atom stereocenters. The Kier molecular flexibility index (Phi) is 3.72. The van der Waals surface area contributed by atoms with Crippen molar-refractivity contribution in [2.45, 2.75) is 25.7 Å². The number of fused-ring (bicyclic) bond motifs is 1. The van der Waals surface area contributed by atoms with Crippen LogP contribution < -0.4 is 5.73 Å². The topological polar surface area (TPSA) is 97.4 Å². The maximum absolute atomic E-state index is 9.84. The number of hydrogen-bond acceptors (Lipinski definition) is 5. The monoisotopic (exact) mass is 320 g/mol. The summed E-state index contributed by atoms with van der Waals surface area (Å²) >= 11 is 1.54. The molecule has 2 N–H and O–H groups in total. The van der Waals surface area contributed by atoms with Gasteiger partial charge in [-0.3, -0.25) is 0 Å². The summed E-state index contributed by atoms with van der Waals surface area (Å²) in [4.78, 5) is 0.984. The lowest BCUT2D eigenvalue weighted by molar-refractivity contribution is 0.287. The Labute approximate surface area is 139 Å². The lowest BCUT2D eigenvalue weighted by atomic mass is 9.57. The van der Waals surface area contributed by atoms with E-state index < -0.39 is 5.41 Å². The van der Waals surface area contributed by atoms with Crippen LogP contribution in [0.15, 0.2) is 40.4 Å². The molecule has 114 valence electrons. The van der Waals surface area contributed by atoms with Crippen molar-refractivity contribution < 1.29 is 0 Å². The molecule has 5 heteroatoms. The van der Waals surface area contributed by atoms with E-state index in [0.29, 0.717) is 11.5 Å². The summed E-state index contributed by atoms with van der Waals surface area (Å²) in [6.45, 7) is 2.16. The average Bonchev–Trinajstić information content (AvgIpc) is 3.08. The van der Waals surface area contributed by atoms with Crippen molar-refractivity contribution in [3.8, 4) is 18.2 Å². The molecule has 1 aromatic rings. The summed E-state index contributed by atoms with van der Waals surface area (Å²) in [6, 6.07) is 10.3. The van der Waals surface area contributed by atoms with E-state index in [2.05, 4.69) is 31.2 Å². The highest BCUT2D eigenvalue weighted by Crippen LogP contribution is 2.57. The van der Waals surface area contributed by atoms with Crippen LogP contribution >= 0.6 is 11.3 Å². The van der Waals surface area contributed by atoms with Crippen molar-refractivity contribution in [3.05, 3.63) is 45.3 Å². The van der Waals surface area contributed by atoms with Crippen molar-refractivity contribution in [1.82, 2.24) is 0 Å². The zero-order chi connectivity index (χ0) is 16.6. The third kappa shape index (κ3) is 2.07. The second-order valence-corrected chi connectivity index (χ2v) is 7.25. The van der Waals surface area contributed by atoms with Crippen LogP contribution in [0.2, 0.25) is 0 Å². The fourth-order valence-corrected chi connectivity index (χ4v) is 4.81. The fourth-order valence-electron chi connectivity index (χ4n) is 3.85. The smallest absolute Gasteiger partial charge is 0.192 e. The molecule has 0 amide bonds. The molecule has 0 fully saturated rings. The highest BCUT2D eigenvalue weighted by molar-refractivity contribution is 7.10. The number of allylic oxidation sites excluding steroid dienone is 4. The maximum atomic E-state index is 9.84.